The summed E-state index contributed by atoms with van der Waals surface area (Å²) in [4.78, 5) is 12.8. The number of carbonyl (C=O) groups is 1. The third-order valence-electron chi connectivity index (χ3n) is 5.47. The number of hydrogen-bond acceptors (Lipinski definition) is 1. The van der Waals surface area contributed by atoms with Crippen LogP contribution in [-0.4, -0.2) is 5.78 Å². The molecule has 0 spiro atoms. The third kappa shape index (κ3) is 4.82. The van der Waals surface area contributed by atoms with Crippen LogP contribution in [0, 0.1) is 11.8 Å². The van der Waals surface area contributed by atoms with E-state index < -0.39 is 0 Å². The first-order valence-corrected chi connectivity index (χ1v) is 10.4. The zero-order valence-corrected chi connectivity index (χ0v) is 16.6. The predicted molar refractivity (Wildman–Crippen MR) is 109 cm³/mol. The summed E-state index contributed by atoms with van der Waals surface area (Å²) in [7, 11) is 0. The first kappa shape index (κ1) is 18.4. The standard InChI is InChI=1S/C23H27BrO/c1-2-3-4-5-17-6-7-21(16-17)23(25)20-10-8-18(9-11-20)19-12-14-22(24)15-13-19/h8-15,17,21H,2-7,16H2,1H3/t17-,21+/m1/s1. The van der Waals surface area contributed by atoms with Crippen molar-refractivity contribution in [1.29, 1.82) is 0 Å². The van der Waals surface area contributed by atoms with Crippen molar-refractivity contribution in [2.45, 2.75) is 51.9 Å². The number of rotatable bonds is 7. The van der Waals surface area contributed by atoms with Crippen molar-refractivity contribution < 1.29 is 4.79 Å². The van der Waals surface area contributed by atoms with Crippen molar-refractivity contribution in [3.05, 3.63) is 58.6 Å². The van der Waals surface area contributed by atoms with Crippen LogP contribution in [0.3, 0.4) is 0 Å². The van der Waals surface area contributed by atoms with Crippen LogP contribution in [0.25, 0.3) is 11.1 Å². The monoisotopic (exact) mass is 398 g/mol. The molecule has 2 aromatic rings. The Balaban J connectivity index is 1.60. The van der Waals surface area contributed by atoms with Crippen LogP contribution in [0.1, 0.15) is 62.2 Å². The Morgan fingerprint density at radius 3 is 2.24 bits per heavy atom. The predicted octanol–water partition coefficient (Wildman–Crippen LogP) is 7.30. The Bertz CT molecular complexity index is 687. The molecule has 0 heterocycles. The van der Waals surface area contributed by atoms with E-state index >= 15 is 0 Å². The van der Waals surface area contributed by atoms with Gasteiger partial charge in [0.15, 0.2) is 5.78 Å². The number of ketones is 1. The lowest BCUT2D eigenvalue weighted by atomic mass is 9.92. The van der Waals surface area contributed by atoms with Gasteiger partial charge >= 0.3 is 0 Å². The van der Waals surface area contributed by atoms with E-state index in [1.807, 2.05) is 24.3 Å². The second-order valence-electron chi connectivity index (χ2n) is 7.32. The topological polar surface area (TPSA) is 17.1 Å². The molecule has 1 fully saturated rings. The zero-order valence-electron chi connectivity index (χ0n) is 15.0. The largest absolute Gasteiger partial charge is 0.294 e. The highest BCUT2D eigenvalue weighted by molar-refractivity contribution is 9.10. The quantitative estimate of drug-likeness (QED) is 0.353. The van der Waals surface area contributed by atoms with E-state index in [-0.39, 0.29) is 5.92 Å². The molecule has 0 aromatic heterocycles. The Hall–Kier alpha value is -1.41. The minimum absolute atomic E-state index is 0.241. The maximum absolute atomic E-state index is 12.8. The minimum Gasteiger partial charge on any atom is -0.294 e. The molecular formula is C23H27BrO. The number of carbonyl (C=O) groups excluding carboxylic acids is 1. The number of hydrogen-bond donors (Lipinski definition) is 0. The molecule has 3 rings (SSSR count). The Kier molecular flexibility index (Phi) is 6.47. The average molecular weight is 399 g/mol. The molecule has 2 aromatic carbocycles. The molecule has 0 saturated heterocycles. The van der Waals surface area contributed by atoms with E-state index in [1.54, 1.807) is 0 Å². The normalized spacial score (nSPS) is 19.9. The van der Waals surface area contributed by atoms with Gasteiger partial charge in [-0.1, -0.05) is 84.9 Å². The summed E-state index contributed by atoms with van der Waals surface area (Å²) in [6, 6.07) is 16.4. The molecule has 1 nitrogen and oxygen atoms in total. The molecule has 0 aliphatic heterocycles. The highest BCUT2D eigenvalue weighted by Crippen LogP contribution is 2.36. The van der Waals surface area contributed by atoms with Gasteiger partial charge in [0.05, 0.1) is 0 Å². The molecule has 0 amide bonds. The molecule has 0 radical (unpaired) electrons. The molecule has 25 heavy (non-hydrogen) atoms. The second kappa shape index (κ2) is 8.80. The maximum atomic E-state index is 12.8. The van der Waals surface area contributed by atoms with Crippen molar-refractivity contribution in [2.75, 3.05) is 0 Å². The molecule has 1 saturated carbocycles. The van der Waals surface area contributed by atoms with Crippen LogP contribution >= 0.6 is 15.9 Å². The van der Waals surface area contributed by atoms with Crippen LogP contribution in [0.2, 0.25) is 0 Å². The van der Waals surface area contributed by atoms with Crippen molar-refractivity contribution >= 4 is 21.7 Å². The van der Waals surface area contributed by atoms with E-state index in [0.717, 1.165) is 34.4 Å². The molecule has 132 valence electrons. The van der Waals surface area contributed by atoms with Crippen molar-refractivity contribution in [2.24, 2.45) is 11.8 Å². The highest BCUT2D eigenvalue weighted by Gasteiger charge is 2.29. The van der Waals surface area contributed by atoms with Crippen molar-refractivity contribution in [3.63, 3.8) is 0 Å². The summed E-state index contributed by atoms with van der Waals surface area (Å²) < 4.78 is 1.08. The van der Waals surface area contributed by atoms with Crippen LogP contribution < -0.4 is 0 Å². The van der Waals surface area contributed by atoms with E-state index in [4.69, 9.17) is 0 Å². The maximum Gasteiger partial charge on any atom is 0.165 e. The van der Waals surface area contributed by atoms with Gasteiger partial charge in [-0.15, -0.1) is 0 Å². The summed E-state index contributed by atoms with van der Waals surface area (Å²) in [5.41, 5.74) is 3.21. The Labute approximate surface area is 160 Å². The van der Waals surface area contributed by atoms with E-state index in [0.29, 0.717) is 5.78 Å². The van der Waals surface area contributed by atoms with Gasteiger partial charge in [-0.25, -0.2) is 0 Å². The summed E-state index contributed by atoms with van der Waals surface area (Å²) in [5, 5.41) is 0. The van der Waals surface area contributed by atoms with Crippen LogP contribution in [0.15, 0.2) is 53.0 Å². The van der Waals surface area contributed by atoms with Crippen LogP contribution in [0.4, 0.5) is 0 Å². The smallest absolute Gasteiger partial charge is 0.165 e. The molecular weight excluding hydrogens is 372 g/mol. The number of Topliss-reactive ketones (excluding diaryl/α,β-unsaturated/α-hetero) is 1. The summed E-state index contributed by atoms with van der Waals surface area (Å²) >= 11 is 3.47. The number of unbranched alkanes of at least 4 members (excludes halogenated alkanes) is 2. The molecule has 2 atom stereocenters. The summed E-state index contributed by atoms with van der Waals surface area (Å²) in [5.74, 6) is 1.35. The summed E-state index contributed by atoms with van der Waals surface area (Å²) in [6.07, 6.45) is 8.63. The lowest BCUT2D eigenvalue weighted by Crippen LogP contribution is -2.11. The fraction of sp³-hybridized carbons (Fsp3) is 0.435. The highest BCUT2D eigenvalue weighted by atomic mass is 79.9. The van der Waals surface area contributed by atoms with Gasteiger partial charge in [-0.2, -0.15) is 0 Å². The SMILES string of the molecule is CCCCC[C@@H]1CC[C@H](C(=O)c2ccc(-c3ccc(Br)cc3)cc2)C1. The fourth-order valence-corrected chi connectivity index (χ4v) is 4.23. The van der Waals surface area contributed by atoms with E-state index in [1.165, 1.54) is 37.7 Å². The molecule has 0 bridgehead atoms. The second-order valence-corrected chi connectivity index (χ2v) is 8.24. The van der Waals surface area contributed by atoms with E-state index in [9.17, 15) is 4.79 Å². The van der Waals surface area contributed by atoms with Gasteiger partial charge in [-0.3, -0.25) is 4.79 Å². The molecule has 1 aliphatic carbocycles. The van der Waals surface area contributed by atoms with Gasteiger partial charge in [-0.05, 0) is 48.4 Å². The average Bonchev–Trinajstić information content (AvgIpc) is 3.11. The summed E-state index contributed by atoms with van der Waals surface area (Å²) in [6.45, 7) is 2.25. The van der Waals surface area contributed by atoms with Gasteiger partial charge in [0.1, 0.15) is 0 Å². The fourth-order valence-electron chi connectivity index (χ4n) is 3.96. The van der Waals surface area contributed by atoms with Gasteiger partial charge in [0.25, 0.3) is 0 Å². The Morgan fingerprint density at radius 1 is 0.960 bits per heavy atom. The van der Waals surface area contributed by atoms with E-state index in [2.05, 4.69) is 47.1 Å². The van der Waals surface area contributed by atoms with Crippen molar-refractivity contribution in [1.82, 2.24) is 0 Å². The number of halogens is 1. The van der Waals surface area contributed by atoms with Gasteiger partial charge in [0.2, 0.25) is 0 Å². The molecule has 0 unspecified atom stereocenters. The Morgan fingerprint density at radius 2 is 1.60 bits per heavy atom. The zero-order chi connectivity index (χ0) is 17.6. The minimum atomic E-state index is 0.241. The molecule has 0 N–H and O–H groups in total. The van der Waals surface area contributed by atoms with Crippen molar-refractivity contribution in [3.8, 4) is 11.1 Å². The van der Waals surface area contributed by atoms with Crippen LogP contribution in [0.5, 0.6) is 0 Å². The van der Waals surface area contributed by atoms with Crippen LogP contribution in [-0.2, 0) is 0 Å². The lowest BCUT2D eigenvalue weighted by Gasteiger charge is -2.11. The van der Waals surface area contributed by atoms with Gasteiger partial charge < -0.3 is 0 Å². The lowest BCUT2D eigenvalue weighted by molar-refractivity contribution is 0.0919. The molecule has 2 heteroatoms. The molecule has 1 aliphatic rings. The first-order valence-electron chi connectivity index (χ1n) is 9.57. The third-order valence-corrected chi connectivity index (χ3v) is 6.00. The first-order chi connectivity index (χ1) is 12.2. The van der Waals surface area contributed by atoms with Gasteiger partial charge in [0, 0.05) is 16.0 Å². The number of benzene rings is 2.